The lowest BCUT2D eigenvalue weighted by Gasteiger charge is -2.44. The molecule has 1 fully saturated rings. The first kappa shape index (κ1) is 11.0. The lowest BCUT2D eigenvalue weighted by atomic mass is 9.94. The molecule has 0 radical (unpaired) electrons. The number of nitrogens with one attached hydrogen (secondary N) is 1. The van der Waals surface area contributed by atoms with E-state index in [1.54, 1.807) is 11.3 Å². The first-order valence-electron chi connectivity index (χ1n) is 5.58. The van der Waals surface area contributed by atoms with Gasteiger partial charge in [-0.15, -0.1) is 11.3 Å². The Morgan fingerprint density at radius 3 is 3.20 bits per heavy atom. The van der Waals surface area contributed by atoms with Crippen molar-refractivity contribution in [2.75, 3.05) is 19.6 Å². The van der Waals surface area contributed by atoms with E-state index in [1.165, 1.54) is 11.3 Å². The third kappa shape index (κ3) is 2.38. The number of hydrogen-bond acceptors (Lipinski definition) is 4. The smallest absolute Gasteiger partial charge is 0.0794 e. The minimum Gasteiger partial charge on any atom is -0.314 e. The summed E-state index contributed by atoms with van der Waals surface area (Å²) < 4.78 is 0. The molecule has 15 heavy (non-hydrogen) atoms. The third-order valence-electron chi connectivity index (χ3n) is 3.42. The molecule has 1 unspecified atom stereocenters. The largest absolute Gasteiger partial charge is 0.314 e. The lowest BCUT2D eigenvalue weighted by molar-refractivity contribution is 0.0647. The highest BCUT2D eigenvalue weighted by atomic mass is 32.1. The van der Waals surface area contributed by atoms with Gasteiger partial charge in [0.2, 0.25) is 0 Å². The van der Waals surface area contributed by atoms with Crippen molar-refractivity contribution in [1.29, 1.82) is 0 Å². The average Bonchev–Trinajstić information content (AvgIpc) is 2.74. The molecule has 1 aliphatic heterocycles. The van der Waals surface area contributed by atoms with Crippen LogP contribution in [0.5, 0.6) is 0 Å². The van der Waals surface area contributed by atoms with Gasteiger partial charge in [-0.1, -0.05) is 6.92 Å². The summed E-state index contributed by atoms with van der Waals surface area (Å²) in [6, 6.07) is 0. The van der Waals surface area contributed by atoms with Gasteiger partial charge in [-0.05, 0) is 13.3 Å². The van der Waals surface area contributed by atoms with Crippen LogP contribution >= 0.6 is 11.3 Å². The number of aromatic nitrogens is 1. The van der Waals surface area contributed by atoms with Crippen LogP contribution in [0.25, 0.3) is 0 Å². The predicted molar refractivity (Wildman–Crippen MR) is 64.1 cm³/mol. The molecule has 1 N–H and O–H groups in total. The Kier molecular flexibility index (Phi) is 3.38. The molecule has 0 saturated carbocycles. The molecule has 2 heterocycles. The summed E-state index contributed by atoms with van der Waals surface area (Å²) in [7, 11) is 0. The molecule has 1 atom stereocenters. The number of thiazole rings is 1. The molecule has 1 saturated heterocycles. The molecule has 2 rings (SSSR count). The van der Waals surface area contributed by atoms with Crippen molar-refractivity contribution in [3.05, 3.63) is 16.6 Å². The number of hydrogen-bond donors (Lipinski definition) is 1. The van der Waals surface area contributed by atoms with Crippen LogP contribution in [-0.2, 0) is 6.54 Å². The van der Waals surface area contributed by atoms with E-state index in [-0.39, 0.29) is 0 Å². The van der Waals surface area contributed by atoms with Crippen LogP contribution in [0.4, 0.5) is 0 Å². The summed E-state index contributed by atoms with van der Waals surface area (Å²) in [5.74, 6) is 0. The zero-order valence-electron chi connectivity index (χ0n) is 9.49. The molecular formula is C11H19N3S. The number of nitrogens with zero attached hydrogens (tertiary/aromatic N) is 2. The van der Waals surface area contributed by atoms with Gasteiger partial charge in [0.15, 0.2) is 0 Å². The monoisotopic (exact) mass is 225 g/mol. The topological polar surface area (TPSA) is 28.2 Å². The van der Waals surface area contributed by atoms with Crippen LogP contribution in [0.1, 0.15) is 25.1 Å². The van der Waals surface area contributed by atoms with Gasteiger partial charge in [0, 0.05) is 42.8 Å². The molecule has 0 aromatic carbocycles. The highest BCUT2D eigenvalue weighted by Crippen LogP contribution is 2.24. The van der Waals surface area contributed by atoms with Gasteiger partial charge in [0.25, 0.3) is 0 Å². The second kappa shape index (κ2) is 4.60. The van der Waals surface area contributed by atoms with Gasteiger partial charge in [-0.3, -0.25) is 9.88 Å². The zero-order chi connectivity index (χ0) is 10.7. The van der Waals surface area contributed by atoms with Gasteiger partial charge in [-0.25, -0.2) is 0 Å². The Hall–Kier alpha value is -0.450. The van der Waals surface area contributed by atoms with E-state index in [4.69, 9.17) is 0 Å². The fourth-order valence-corrected chi connectivity index (χ4v) is 2.69. The first-order chi connectivity index (χ1) is 7.24. The standard InChI is InChI=1S/C11H19N3S/c1-3-11(2)8-12-4-5-14(11)7-10-6-13-9-15-10/h6,9,12H,3-5,7-8H2,1-2H3. The Labute approximate surface area is 95.5 Å². The summed E-state index contributed by atoms with van der Waals surface area (Å²) in [5.41, 5.74) is 2.23. The molecule has 4 heteroatoms. The second-order valence-electron chi connectivity index (χ2n) is 4.42. The van der Waals surface area contributed by atoms with Crippen LogP contribution in [0, 0.1) is 0 Å². The second-order valence-corrected chi connectivity index (χ2v) is 5.39. The normalized spacial score (nSPS) is 28.1. The van der Waals surface area contributed by atoms with Crippen LogP contribution in [0.15, 0.2) is 11.7 Å². The SMILES string of the molecule is CCC1(C)CNCCN1Cc1cncs1. The molecule has 0 aliphatic carbocycles. The fourth-order valence-electron chi connectivity index (χ4n) is 2.08. The van der Waals surface area contributed by atoms with E-state index in [1.807, 2.05) is 11.7 Å². The molecule has 0 bridgehead atoms. The summed E-state index contributed by atoms with van der Waals surface area (Å²) in [4.78, 5) is 8.09. The van der Waals surface area contributed by atoms with Gasteiger partial charge in [0.1, 0.15) is 0 Å². The Bertz CT molecular complexity index is 299. The molecule has 1 aromatic rings. The third-order valence-corrected chi connectivity index (χ3v) is 4.18. The quantitative estimate of drug-likeness (QED) is 0.849. The minimum absolute atomic E-state index is 0.308. The maximum atomic E-state index is 4.14. The molecule has 0 amide bonds. The molecule has 1 aliphatic rings. The zero-order valence-corrected chi connectivity index (χ0v) is 10.3. The van der Waals surface area contributed by atoms with Crippen LogP contribution in [0.2, 0.25) is 0 Å². The van der Waals surface area contributed by atoms with E-state index in [2.05, 4.69) is 29.0 Å². The lowest BCUT2D eigenvalue weighted by Crippen LogP contribution is -2.58. The van der Waals surface area contributed by atoms with Crippen LogP contribution < -0.4 is 5.32 Å². The Balaban J connectivity index is 2.05. The molecule has 84 valence electrons. The Morgan fingerprint density at radius 2 is 2.53 bits per heavy atom. The van der Waals surface area contributed by atoms with Crippen molar-refractivity contribution in [1.82, 2.24) is 15.2 Å². The number of rotatable bonds is 3. The van der Waals surface area contributed by atoms with E-state index in [9.17, 15) is 0 Å². The maximum Gasteiger partial charge on any atom is 0.0794 e. The van der Waals surface area contributed by atoms with Gasteiger partial charge in [0.05, 0.1) is 5.51 Å². The van der Waals surface area contributed by atoms with E-state index in [0.29, 0.717) is 5.54 Å². The maximum absolute atomic E-state index is 4.14. The Morgan fingerprint density at radius 1 is 1.67 bits per heavy atom. The fraction of sp³-hybridized carbons (Fsp3) is 0.727. The summed E-state index contributed by atoms with van der Waals surface area (Å²) in [6.07, 6.45) is 3.18. The van der Waals surface area contributed by atoms with Crippen molar-refractivity contribution in [2.45, 2.75) is 32.4 Å². The molecule has 1 aromatic heterocycles. The van der Waals surface area contributed by atoms with Gasteiger partial charge >= 0.3 is 0 Å². The first-order valence-corrected chi connectivity index (χ1v) is 6.46. The molecule has 3 nitrogen and oxygen atoms in total. The van der Waals surface area contributed by atoms with Crippen molar-refractivity contribution in [3.8, 4) is 0 Å². The highest BCUT2D eigenvalue weighted by Gasteiger charge is 2.32. The van der Waals surface area contributed by atoms with Crippen LogP contribution in [0.3, 0.4) is 0 Å². The van der Waals surface area contributed by atoms with Crippen LogP contribution in [-0.4, -0.2) is 35.1 Å². The summed E-state index contributed by atoms with van der Waals surface area (Å²) >= 11 is 1.75. The van der Waals surface area contributed by atoms with E-state index in [0.717, 1.165) is 26.2 Å². The summed E-state index contributed by atoms with van der Waals surface area (Å²) in [6.45, 7) is 9.02. The summed E-state index contributed by atoms with van der Waals surface area (Å²) in [5, 5.41) is 3.48. The average molecular weight is 225 g/mol. The van der Waals surface area contributed by atoms with Crippen molar-refractivity contribution in [3.63, 3.8) is 0 Å². The van der Waals surface area contributed by atoms with Gasteiger partial charge in [-0.2, -0.15) is 0 Å². The minimum atomic E-state index is 0.308. The van der Waals surface area contributed by atoms with Crippen molar-refractivity contribution < 1.29 is 0 Å². The molecule has 0 spiro atoms. The van der Waals surface area contributed by atoms with E-state index < -0.39 is 0 Å². The predicted octanol–water partition coefficient (Wildman–Crippen LogP) is 1.72. The van der Waals surface area contributed by atoms with Crippen molar-refractivity contribution in [2.24, 2.45) is 0 Å². The van der Waals surface area contributed by atoms with Crippen molar-refractivity contribution >= 4 is 11.3 Å². The van der Waals surface area contributed by atoms with Gasteiger partial charge < -0.3 is 5.32 Å². The van der Waals surface area contributed by atoms with E-state index >= 15 is 0 Å². The number of piperazine rings is 1. The molecular weight excluding hydrogens is 206 g/mol. The highest BCUT2D eigenvalue weighted by molar-refractivity contribution is 7.09.